The van der Waals surface area contributed by atoms with Crippen molar-refractivity contribution >= 4 is 21.9 Å². The minimum Gasteiger partial charge on any atom is -0.370 e. The maximum Gasteiger partial charge on any atom is 0.194 e. The van der Waals surface area contributed by atoms with E-state index in [0.29, 0.717) is 6.61 Å². The second kappa shape index (κ2) is 7.81. The van der Waals surface area contributed by atoms with Crippen molar-refractivity contribution in [3.8, 4) is 0 Å². The molecule has 24 heavy (non-hydrogen) atoms. The van der Waals surface area contributed by atoms with E-state index in [-0.39, 0.29) is 6.10 Å². The minimum atomic E-state index is 0.0266. The van der Waals surface area contributed by atoms with E-state index in [1.807, 2.05) is 38.6 Å². The Bertz CT molecular complexity index is 697. The van der Waals surface area contributed by atoms with Crippen LogP contribution in [0.15, 0.2) is 46.1 Å². The van der Waals surface area contributed by atoms with Crippen molar-refractivity contribution in [3.05, 3.63) is 52.3 Å². The first-order valence-electron chi connectivity index (χ1n) is 7.96. The van der Waals surface area contributed by atoms with Gasteiger partial charge in [-0.1, -0.05) is 28.1 Å². The van der Waals surface area contributed by atoms with Crippen LogP contribution in [-0.2, 0) is 18.3 Å². The van der Waals surface area contributed by atoms with Gasteiger partial charge in [0.25, 0.3) is 0 Å². The Balaban J connectivity index is 1.61. The zero-order valence-corrected chi connectivity index (χ0v) is 15.5. The fourth-order valence-electron chi connectivity index (χ4n) is 2.77. The average molecular weight is 392 g/mol. The van der Waals surface area contributed by atoms with Gasteiger partial charge in [-0.2, -0.15) is 5.10 Å². The highest BCUT2D eigenvalue weighted by Crippen LogP contribution is 2.21. The molecule has 128 valence electrons. The van der Waals surface area contributed by atoms with Crippen molar-refractivity contribution in [3.63, 3.8) is 0 Å². The fraction of sp³-hybridized carbons (Fsp3) is 0.412. The van der Waals surface area contributed by atoms with Gasteiger partial charge in [-0.15, -0.1) is 0 Å². The molecule has 6 nitrogen and oxygen atoms in total. The number of nitrogens with zero attached hydrogens (tertiary/aromatic N) is 4. The topological polar surface area (TPSA) is 54.7 Å². The Labute approximate surface area is 150 Å². The largest absolute Gasteiger partial charge is 0.370 e. The molecule has 1 N–H and O–H groups in total. The number of hydrogen-bond acceptors (Lipinski definition) is 3. The maximum absolute atomic E-state index is 5.90. The summed E-state index contributed by atoms with van der Waals surface area (Å²) in [7, 11) is 3.74. The lowest BCUT2D eigenvalue weighted by atomic mass is 10.1. The molecule has 0 bridgehead atoms. The molecule has 1 aromatic carbocycles. The molecule has 0 amide bonds. The van der Waals surface area contributed by atoms with E-state index in [1.165, 1.54) is 5.56 Å². The van der Waals surface area contributed by atoms with Crippen molar-refractivity contribution in [1.82, 2.24) is 20.0 Å². The number of aryl methyl sites for hydroxylation is 1. The van der Waals surface area contributed by atoms with E-state index in [1.54, 1.807) is 4.68 Å². The Morgan fingerprint density at radius 2 is 2.21 bits per heavy atom. The summed E-state index contributed by atoms with van der Waals surface area (Å²) < 4.78 is 8.79. The number of aliphatic imine (C=N–C) groups is 1. The normalized spacial score (nSPS) is 18.7. The van der Waals surface area contributed by atoms with Crippen LogP contribution in [0.3, 0.4) is 0 Å². The third-order valence-electron chi connectivity index (χ3n) is 4.04. The molecule has 2 aromatic rings. The van der Waals surface area contributed by atoms with Crippen LogP contribution in [0.25, 0.3) is 0 Å². The zero-order chi connectivity index (χ0) is 16.9. The highest BCUT2D eigenvalue weighted by Gasteiger charge is 2.25. The van der Waals surface area contributed by atoms with Gasteiger partial charge < -0.3 is 15.0 Å². The number of aromatic nitrogens is 2. The molecular weight excluding hydrogens is 370 g/mol. The number of morpholine rings is 1. The van der Waals surface area contributed by atoms with Gasteiger partial charge >= 0.3 is 0 Å². The molecule has 1 aliphatic heterocycles. The summed E-state index contributed by atoms with van der Waals surface area (Å²) in [5.74, 6) is 0.898. The van der Waals surface area contributed by atoms with E-state index < -0.39 is 0 Å². The molecule has 1 aliphatic rings. The van der Waals surface area contributed by atoms with E-state index in [2.05, 4.69) is 48.4 Å². The number of rotatable bonds is 3. The van der Waals surface area contributed by atoms with Crippen LogP contribution in [0.5, 0.6) is 0 Å². The predicted octanol–water partition coefficient (Wildman–Crippen LogP) is 2.33. The lowest BCUT2D eigenvalue weighted by molar-refractivity contribution is -0.00805. The van der Waals surface area contributed by atoms with Crippen LogP contribution in [0, 0.1) is 0 Å². The highest BCUT2D eigenvalue weighted by molar-refractivity contribution is 9.10. The Hall–Kier alpha value is -1.86. The number of ether oxygens (including phenoxy) is 1. The monoisotopic (exact) mass is 391 g/mol. The SMILES string of the molecule is CN=C(NCc1ccc(Br)cc1)N1CCOC(c2cnn(C)c2)C1. The van der Waals surface area contributed by atoms with Crippen molar-refractivity contribution in [1.29, 1.82) is 0 Å². The summed E-state index contributed by atoms with van der Waals surface area (Å²) in [5.41, 5.74) is 2.32. The predicted molar refractivity (Wildman–Crippen MR) is 97.8 cm³/mol. The Morgan fingerprint density at radius 1 is 1.42 bits per heavy atom. The van der Waals surface area contributed by atoms with Crippen LogP contribution in [0.1, 0.15) is 17.2 Å². The van der Waals surface area contributed by atoms with Crippen molar-refractivity contribution in [2.45, 2.75) is 12.6 Å². The third kappa shape index (κ3) is 4.15. The van der Waals surface area contributed by atoms with Crippen molar-refractivity contribution in [2.75, 3.05) is 26.7 Å². The molecule has 1 unspecified atom stereocenters. The molecule has 0 aliphatic carbocycles. The first-order chi connectivity index (χ1) is 11.7. The molecule has 7 heteroatoms. The molecule has 1 saturated heterocycles. The smallest absolute Gasteiger partial charge is 0.194 e. The molecule has 2 heterocycles. The lowest BCUT2D eigenvalue weighted by Gasteiger charge is -2.34. The first-order valence-corrected chi connectivity index (χ1v) is 8.75. The van der Waals surface area contributed by atoms with Gasteiger partial charge in [0.15, 0.2) is 5.96 Å². The van der Waals surface area contributed by atoms with Crippen LogP contribution in [0.4, 0.5) is 0 Å². The molecule has 1 fully saturated rings. The second-order valence-electron chi connectivity index (χ2n) is 5.78. The zero-order valence-electron chi connectivity index (χ0n) is 13.9. The number of hydrogen-bond donors (Lipinski definition) is 1. The summed E-state index contributed by atoms with van der Waals surface area (Å²) in [6, 6.07) is 8.30. The standard InChI is InChI=1S/C17H22BrN5O/c1-19-17(20-9-13-3-5-15(18)6-4-13)23-7-8-24-16(12-23)14-10-21-22(2)11-14/h3-6,10-11,16H,7-9,12H2,1-2H3,(H,19,20). The van der Waals surface area contributed by atoms with Crippen LogP contribution >= 0.6 is 15.9 Å². The fourth-order valence-corrected chi connectivity index (χ4v) is 3.03. The molecule has 1 aromatic heterocycles. The highest BCUT2D eigenvalue weighted by atomic mass is 79.9. The van der Waals surface area contributed by atoms with E-state index in [4.69, 9.17) is 4.74 Å². The molecular formula is C17H22BrN5O. The number of halogens is 1. The van der Waals surface area contributed by atoms with E-state index in [9.17, 15) is 0 Å². The van der Waals surface area contributed by atoms with Gasteiger partial charge in [0, 0.05) is 43.4 Å². The molecule has 0 saturated carbocycles. The van der Waals surface area contributed by atoms with Gasteiger partial charge in [0.2, 0.25) is 0 Å². The van der Waals surface area contributed by atoms with Gasteiger partial charge in [-0.05, 0) is 17.7 Å². The van der Waals surface area contributed by atoms with Gasteiger partial charge in [0.1, 0.15) is 6.10 Å². The van der Waals surface area contributed by atoms with Gasteiger partial charge in [-0.3, -0.25) is 9.67 Å². The number of nitrogens with one attached hydrogen (secondary N) is 1. The molecule has 0 spiro atoms. The maximum atomic E-state index is 5.90. The van der Waals surface area contributed by atoms with Crippen LogP contribution < -0.4 is 5.32 Å². The van der Waals surface area contributed by atoms with Gasteiger partial charge in [0.05, 0.1) is 19.3 Å². The van der Waals surface area contributed by atoms with E-state index >= 15 is 0 Å². The number of guanidine groups is 1. The first kappa shape index (κ1) is 17.0. The molecule has 3 rings (SSSR count). The summed E-state index contributed by atoms with van der Waals surface area (Å²) in [6.45, 7) is 3.02. The summed E-state index contributed by atoms with van der Waals surface area (Å²) >= 11 is 3.46. The average Bonchev–Trinajstić information content (AvgIpc) is 3.04. The Morgan fingerprint density at radius 3 is 2.88 bits per heavy atom. The van der Waals surface area contributed by atoms with E-state index in [0.717, 1.165) is 35.6 Å². The Kier molecular flexibility index (Phi) is 5.52. The molecule has 1 atom stereocenters. The molecule has 0 radical (unpaired) electrons. The second-order valence-corrected chi connectivity index (χ2v) is 6.70. The summed E-state index contributed by atoms with van der Waals surface area (Å²) in [6.07, 6.45) is 3.90. The van der Waals surface area contributed by atoms with Crippen molar-refractivity contribution in [2.24, 2.45) is 12.0 Å². The van der Waals surface area contributed by atoms with Crippen LogP contribution in [-0.4, -0.2) is 47.4 Å². The number of benzene rings is 1. The lowest BCUT2D eigenvalue weighted by Crippen LogP contribution is -2.47. The third-order valence-corrected chi connectivity index (χ3v) is 4.57. The summed E-state index contributed by atoms with van der Waals surface area (Å²) in [4.78, 5) is 6.66. The van der Waals surface area contributed by atoms with Gasteiger partial charge in [-0.25, -0.2) is 0 Å². The minimum absolute atomic E-state index is 0.0266. The quantitative estimate of drug-likeness (QED) is 0.644. The van der Waals surface area contributed by atoms with Crippen molar-refractivity contribution < 1.29 is 4.74 Å². The summed E-state index contributed by atoms with van der Waals surface area (Å²) in [5, 5.41) is 7.67. The van der Waals surface area contributed by atoms with Crippen LogP contribution in [0.2, 0.25) is 0 Å².